The minimum Gasteiger partial charge on any atom is -0.497 e. The van der Waals surface area contributed by atoms with Crippen molar-refractivity contribution in [2.75, 3.05) is 45.6 Å². The van der Waals surface area contributed by atoms with Crippen molar-refractivity contribution >= 4 is 22.9 Å². The molecule has 6 rings (SSSR count). The van der Waals surface area contributed by atoms with Crippen LogP contribution in [0.25, 0.3) is 11.0 Å². The number of guanidine groups is 1. The number of fused-ring (bicyclic) bond motifs is 5. The van der Waals surface area contributed by atoms with Gasteiger partial charge in [0.05, 0.1) is 44.7 Å². The summed E-state index contributed by atoms with van der Waals surface area (Å²) in [6, 6.07) is 14.1. The van der Waals surface area contributed by atoms with Crippen LogP contribution in [0.2, 0.25) is 0 Å². The highest BCUT2D eigenvalue weighted by molar-refractivity contribution is 5.99. The first kappa shape index (κ1) is 20.3. The lowest BCUT2D eigenvalue weighted by Crippen LogP contribution is -2.58. The van der Waals surface area contributed by atoms with E-state index >= 15 is 0 Å². The summed E-state index contributed by atoms with van der Waals surface area (Å²) in [6.45, 7) is 3.08. The van der Waals surface area contributed by atoms with Crippen molar-refractivity contribution < 1.29 is 14.2 Å². The summed E-state index contributed by atoms with van der Waals surface area (Å²) in [4.78, 5) is 14.4. The fourth-order valence-electron chi connectivity index (χ4n) is 4.96. The third-order valence-corrected chi connectivity index (χ3v) is 6.58. The van der Waals surface area contributed by atoms with E-state index in [0.717, 1.165) is 66.0 Å². The molecule has 1 N–H and O–H groups in total. The van der Waals surface area contributed by atoms with Gasteiger partial charge in [-0.1, -0.05) is 12.1 Å². The first-order valence-corrected chi connectivity index (χ1v) is 11.4. The van der Waals surface area contributed by atoms with Gasteiger partial charge in [0.15, 0.2) is 0 Å². The summed E-state index contributed by atoms with van der Waals surface area (Å²) in [7, 11) is 3.34. The first-order valence-electron chi connectivity index (χ1n) is 11.4. The minimum atomic E-state index is -0.215. The van der Waals surface area contributed by atoms with Gasteiger partial charge in [0.25, 0.3) is 0 Å². The molecule has 1 fully saturated rings. The molecule has 0 radical (unpaired) electrons. The summed E-state index contributed by atoms with van der Waals surface area (Å²) < 4.78 is 19.2. The minimum absolute atomic E-state index is 0.215. The average Bonchev–Trinajstić information content (AvgIpc) is 3.51. The van der Waals surface area contributed by atoms with Gasteiger partial charge in [-0.25, -0.2) is 9.98 Å². The molecule has 2 aromatic carbocycles. The Labute approximate surface area is 192 Å². The molecule has 1 saturated heterocycles. The second-order valence-corrected chi connectivity index (χ2v) is 8.61. The van der Waals surface area contributed by atoms with Gasteiger partial charge in [-0.2, -0.15) is 0 Å². The molecule has 0 bridgehead atoms. The van der Waals surface area contributed by atoms with E-state index in [1.165, 1.54) is 0 Å². The first-order chi connectivity index (χ1) is 16.2. The summed E-state index contributed by atoms with van der Waals surface area (Å²) in [5.74, 6) is 3.20. The van der Waals surface area contributed by atoms with E-state index in [9.17, 15) is 0 Å². The fraction of sp³-hybridized carbons (Fsp3) is 0.417. The number of rotatable bonds is 5. The van der Waals surface area contributed by atoms with Crippen LogP contribution in [0.5, 0.6) is 11.5 Å². The third-order valence-electron chi connectivity index (χ3n) is 6.58. The van der Waals surface area contributed by atoms with Gasteiger partial charge in [-0.3, -0.25) is 14.4 Å². The van der Waals surface area contributed by atoms with E-state index in [1.807, 2.05) is 36.4 Å². The predicted octanol–water partition coefficient (Wildman–Crippen LogP) is 2.78. The Morgan fingerprint density at radius 1 is 1.15 bits per heavy atom. The largest absolute Gasteiger partial charge is 0.497 e. The summed E-state index contributed by atoms with van der Waals surface area (Å²) in [6.07, 6.45) is 2.32. The fourth-order valence-corrected chi connectivity index (χ4v) is 4.96. The molecule has 4 heterocycles. The van der Waals surface area contributed by atoms with E-state index in [-0.39, 0.29) is 12.3 Å². The van der Waals surface area contributed by atoms with Crippen molar-refractivity contribution in [1.29, 1.82) is 0 Å². The molecule has 3 aromatic rings. The Balaban J connectivity index is 1.43. The molecule has 0 amide bonds. The lowest BCUT2D eigenvalue weighted by atomic mass is 10.1. The van der Waals surface area contributed by atoms with Gasteiger partial charge in [0, 0.05) is 24.8 Å². The number of aliphatic imine (C=N–C) groups is 1. The van der Waals surface area contributed by atoms with Crippen LogP contribution in [0, 0.1) is 0 Å². The molecule has 3 aliphatic heterocycles. The number of hydrogen-bond donors (Lipinski definition) is 1. The Hall–Kier alpha value is -3.30. The quantitative estimate of drug-likeness (QED) is 0.643. The zero-order valence-electron chi connectivity index (χ0n) is 18.9. The Bertz CT molecular complexity index is 1200. The number of benzene rings is 2. The van der Waals surface area contributed by atoms with E-state index < -0.39 is 0 Å². The molecule has 0 unspecified atom stereocenters. The van der Waals surface area contributed by atoms with Gasteiger partial charge in [-0.15, -0.1) is 0 Å². The highest BCUT2D eigenvalue weighted by Gasteiger charge is 2.37. The average molecular weight is 449 g/mol. The maximum atomic E-state index is 5.86. The van der Waals surface area contributed by atoms with Gasteiger partial charge in [0.1, 0.15) is 17.7 Å². The molecular weight excluding hydrogens is 420 g/mol. The number of nitrogens with one attached hydrogen (secondary N) is 1. The highest BCUT2D eigenvalue weighted by atomic mass is 16.5. The maximum Gasteiger partial charge on any atom is 0.216 e. The Morgan fingerprint density at radius 3 is 2.88 bits per heavy atom. The Kier molecular flexibility index (Phi) is 5.07. The lowest BCUT2D eigenvalue weighted by Gasteiger charge is -2.42. The number of methoxy groups -OCH3 is 2. The van der Waals surface area contributed by atoms with Crippen molar-refractivity contribution in [2.45, 2.75) is 25.1 Å². The molecule has 33 heavy (non-hydrogen) atoms. The molecule has 172 valence electrons. The van der Waals surface area contributed by atoms with Crippen LogP contribution in [0.3, 0.4) is 0 Å². The number of ether oxygens (including phenoxy) is 3. The van der Waals surface area contributed by atoms with Crippen molar-refractivity contribution in [3.8, 4) is 11.5 Å². The maximum absolute atomic E-state index is 5.86. The number of nitrogens with zero attached hydrogens (tertiary/aromatic N) is 5. The highest BCUT2D eigenvalue weighted by Crippen LogP contribution is 2.38. The summed E-state index contributed by atoms with van der Waals surface area (Å²) >= 11 is 0. The number of anilines is 1. The SMILES string of the molecule is COc1ccc([C@@H]2NC3=NCN(C[C@H]4CCCO4)CN3c3nc4ccccc4n32)c(OC)c1. The van der Waals surface area contributed by atoms with Crippen LogP contribution in [0.1, 0.15) is 24.6 Å². The second kappa shape index (κ2) is 8.24. The molecule has 2 atom stereocenters. The van der Waals surface area contributed by atoms with E-state index in [1.54, 1.807) is 14.2 Å². The molecule has 9 nitrogen and oxygen atoms in total. The standard InChI is InChI=1S/C24H28N6O3/c1-31-16-9-10-18(21(12-16)32-2)22-27-23-25-14-28(13-17-6-5-11-33-17)15-29(23)24-26-19-7-3-4-8-20(19)30(22)24/h3-4,7-10,12,17,22H,5-6,11,13-15H2,1-2H3,(H,25,27)/t17-,22-/m1/s1. The van der Waals surface area contributed by atoms with Gasteiger partial charge >= 0.3 is 0 Å². The van der Waals surface area contributed by atoms with E-state index in [4.69, 9.17) is 24.2 Å². The molecule has 3 aliphatic rings. The predicted molar refractivity (Wildman–Crippen MR) is 126 cm³/mol. The van der Waals surface area contributed by atoms with Crippen LogP contribution >= 0.6 is 0 Å². The van der Waals surface area contributed by atoms with Crippen molar-refractivity contribution in [1.82, 2.24) is 19.8 Å². The zero-order valence-corrected chi connectivity index (χ0v) is 18.9. The van der Waals surface area contributed by atoms with Crippen molar-refractivity contribution in [3.63, 3.8) is 0 Å². The van der Waals surface area contributed by atoms with Crippen LogP contribution in [0.4, 0.5) is 5.95 Å². The van der Waals surface area contributed by atoms with E-state index in [2.05, 4.69) is 25.8 Å². The number of aromatic nitrogens is 2. The zero-order chi connectivity index (χ0) is 22.4. The number of imidazole rings is 1. The van der Waals surface area contributed by atoms with Crippen LogP contribution < -0.4 is 19.7 Å². The molecule has 0 spiro atoms. The monoisotopic (exact) mass is 448 g/mol. The van der Waals surface area contributed by atoms with Gasteiger partial charge in [-0.05, 0) is 37.1 Å². The van der Waals surface area contributed by atoms with Crippen LogP contribution in [0.15, 0.2) is 47.5 Å². The van der Waals surface area contributed by atoms with Gasteiger partial charge in [0.2, 0.25) is 11.9 Å². The molecule has 0 saturated carbocycles. The third kappa shape index (κ3) is 3.48. The number of hydrogen-bond acceptors (Lipinski definition) is 8. The molecule has 0 aliphatic carbocycles. The van der Waals surface area contributed by atoms with Gasteiger partial charge < -0.3 is 19.5 Å². The topological polar surface area (TPSA) is 76.4 Å². The Morgan fingerprint density at radius 2 is 2.06 bits per heavy atom. The number of para-hydroxylation sites is 2. The normalized spacial score (nSPS) is 22.5. The van der Waals surface area contributed by atoms with Crippen LogP contribution in [-0.2, 0) is 4.74 Å². The smallest absolute Gasteiger partial charge is 0.216 e. The molecule has 9 heteroatoms. The summed E-state index contributed by atoms with van der Waals surface area (Å²) in [5.41, 5.74) is 2.99. The molecular formula is C24H28N6O3. The van der Waals surface area contributed by atoms with Crippen LogP contribution in [-0.4, -0.2) is 67.2 Å². The van der Waals surface area contributed by atoms with E-state index in [0.29, 0.717) is 13.3 Å². The van der Waals surface area contributed by atoms with Crippen molar-refractivity contribution in [3.05, 3.63) is 48.0 Å². The molecule has 1 aromatic heterocycles. The lowest BCUT2D eigenvalue weighted by molar-refractivity contribution is 0.0732. The summed E-state index contributed by atoms with van der Waals surface area (Å²) in [5, 5.41) is 3.65. The van der Waals surface area contributed by atoms with Crippen molar-refractivity contribution in [2.24, 2.45) is 4.99 Å². The second-order valence-electron chi connectivity index (χ2n) is 8.61.